The van der Waals surface area contributed by atoms with Crippen molar-refractivity contribution in [3.8, 4) is 0 Å². The van der Waals surface area contributed by atoms with Gasteiger partial charge in [-0.2, -0.15) is 0 Å². The van der Waals surface area contributed by atoms with Gasteiger partial charge in [0, 0.05) is 0 Å². The molecule has 14 heavy (non-hydrogen) atoms. The van der Waals surface area contributed by atoms with E-state index in [0.717, 1.165) is 18.4 Å². The lowest BCUT2D eigenvalue weighted by Gasteiger charge is -2.22. The SMILES string of the molecule is CC(C)(CCc1cccc(F)c1)O[Si]. The van der Waals surface area contributed by atoms with Gasteiger partial charge in [0.1, 0.15) is 5.82 Å². The predicted octanol–water partition coefficient (Wildman–Crippen LogP) is 2.64. The summed E-state index contributed by atoms with van der Waals surface area (Å²) in [5.41, 5.74) is 0.783. The molecule has 1 rings (SSSR count). The molecule has 0 fully saturated rings. The van der Waals surface area contributed by atoms with Crippen molar-refractivity contribution in [2.45, 2.75) is 32.3 Å². The smallest absolute Gasteiger partial charge is 0.246 e. The monoisotopic (exact) mass is 209 g/mol. The predicted molar refractivity (Wildman–Crippen MR) is 55.6 cm³/mol. The molecule has 3 heteroatoms. The van der Waals surface area contributed by atoms with E-state index in [1.54, 1.807) is 12.1 Å². The first-order chi connectivity index (χ1) is 6.53. The quantitative estimate of drug-likeness (QED) is 0.693. The van der Waals surface area contributed by atoms with Gasteiger partial charge in [0.2, 0.25) is 10.5 Å². The minimum absolute atomic E-state index is 0.181. The highest BCUT2D eigenvalue weighted by Gasteiger charge is 2.15. The first-order valence-electron chi connectivity index (χ1n) is 4.63. The molecule has 0 aromatic heterocycles. The van der Waals surface area contributed by atoms with Crippen LogP contribution in [-0.2, 0) is 10.8 Å². The van der Waals surface area contributed by atoms with Crippen molar-refractivity contribution in [2.75, 3.05) is 0 Å². The summed E-state index contributed by atoms with van der Waals surface area (Å²) in [7, 11) is 3.03. The van der Waals surface area contributed by atoms with Crippen LogP contribution in [0.1, 0.15) is 25.8 Å². The van der Waals surface area contributed by atoms with Gasteiger partial charge in [-0.05, 0) is 44.4 Å². The van der Waals surface area contributed by atoms with Gasteiger partial charge in [0.15, 0.2) is 0 Å². The van der Waals surface area contributed by atoms with Gasteiger partial charge in [0.05, 0.1) is 5.60 Å². The molecule has 0 saturated heterocycles. The summed E-state index contributed by atoms with van der Waals surface area (Å²) < 4.78 is 17.9. The lowest BCUT2D eigenvalue weighted by atomic mass is 9.99. The van der Waals surface area contributed by atoms with Crippen molar-refractivity contribution >= 4 is 10.5 Å². The summed E-state index contributed by atoms with van der Waals surface area (Å²) in [6.45, 7) is 3.97. The molecule has 1 aromatic rings. The van der Waals surface area contributed by atoms with Gasteiger partial charge in [-0.15, -0.1) is 0 Å². The third-order valence-electron chi connectivity index (χ3n) is 2.18. The fourth-order valence-electron chi connectivity index (χ4n) is 1.19. The van der Waals surface area contributed by atoms with E-state index in [2.05, 4.69) is 10.5 Å². The fourth-order valence-corrected chi connectivity index (χ4v) is 1.29. The molecule has 1 nitrogen and oxygen atoms in total. The lowest BCUT2D eigenvalue weighted by molar-refractivity contribution is 0.113. The van der Waals surface area contributed by atoms with Crippen molar-refractivity contribution in [3.05, 3.63) is 35.6 Å². The molecular formula is C11H14FOSi. The maximum absolute atomic E-state index is 12.8. The van der Waals surface area contributed by atoms with Crippen molar-refractivity contribution in [1.29, 1.82) is 0 Å². The minimum Gasteiger partial charge on any atom is -0.414 e. The molecule has 0 aliphatic carbocycles. The average Bonchev–Trinajstić information content (AvgIpc) is 2.15. The summed E-state index contributed by atoms with van der Waals surface area (Å²) in [5.74, 6) is -0.181. The topological polar surface area (TPSA) is 9.23 Å². The molecule has 0 bridgehead atoms. The average molecular weight is 209 g/mol. The maximum atomic E-state index is 12.8. The van der Waals surface area contributed by atoms with Crippen molar-refractivity contribution in [3.63, 3.8) is 0 Å². The normalized spacial score (nSPS) is 11.7. The third-order valence-corrected chi connectivity index (χ3v) is 2.73. The Kier molecular flexibility index (Phi) is 3.83. The van der Waals surface area contributed by atoms with Crippen LogP contribution in [0.25, 0.3) is 0 Å². The molecule has 75 valence electrons. The Bertz CT molecular complexity index is 299. The Morgan fingerprint density at radius 1 is 1.43 bits per heavy atom. The van der Waals surface area contributed by atoms with E-state index < -0.39 is 0 Å². The highest BCUT2D eigenvalue weighted by Crippen LogP contribution is 2.16. The van der Waals surface area contributed by atoms with Crippen LogP contribution in [0.5, 0.6) is 0 Å². The van der Waals surface area contributed by atoms with Crippen LogP contribution < -0.4 is 0 Å². The Balaban J connectivity index is 2.54. The number of hydrogen-bond donors (Lipinski definition) is 0. The first-order valence-corrected chi connectivity index (χ1v) is 5.03. The summed E-state index contributed by atoms with van der Waals surface area (Å²) >= 11 is 0. The molecule has 0 aliphatic heterocycles. The van der Waals surface area contributed by atoms with E-state index >= 15 is 0 Å². The van der Waals surface area contributed by atoms with E-state index in [4.69, 9.17) is 4.43 Å². The highest BCUT2D eigenvalue weighted by molar-refractivity contribution is 5.98. The number of rotatable bonds is 4. The highest BCUT2D eigenvalue weighted by atomic mass is 28.2. The molecular weight excluding hydrogens is 195 g/mol. The number of benzene rings is 1. The molecule has 0 saturated carbocycles. The van der Waals surface area contributed by atoms with E-state index in [1.165, 1.54) is 6.07 Å². The van der Waals surface area contributed by atoms with Gasteiger partial charge in [-0.1, -0.05) is 12.1 Å². The zero-order valence-corrected chi connectivity index (χ0v) is 9.51. The second-order valence-corrected chi connectivity index (χ2v) is 4.20. The summed E-state index contributed by atoms with van der Waals surface area (Å²) in [5, 5.41) is 0. The molecule has 0 heterocycles. The van der Waals surface area contributed by atoms with Crippen LogP contribution >= 0.6 is 0 Å². The Hall–Kier alpha value is -0.673. The van der Waals surface area contributed by atoms with Gasteiger partial charge in [-0.25, -0.2) is 4.39 Å². The van der Waals surface area contributed by atoms with Crippen LogP contribution in [-0.4, -0.2) is 16.1 Å². The van der Waals surface area contributed by atoms with Crippen molar-refractivity contribution < 1.29 is 8.82 Å². The maximum Gasteiger partial charge on any atom is 0.246 e. The van der Waals surface area contributed by atoms with E-state index in [9.17, 15) is 4.39 Å². The molecule has 0 unspecified atom stereocenters. The number of hydrogen-bond acceptors (Lipinski definition) is 1. The van der Waals surface area contributed by atoms with Crippen molar-refractivity contribution in [2.24, 2.45) is 0 Å². The second-order valence-electron chi connectivity index (χ2n) is 3.99. The largest absolute Gasteiger partial charge is 0.414 e. The summed E-state index contributed by atoms with van der Waals surface area (Å²) in [6.07, 6.45) is 1.66. The molecule has 0 aliphatic rings. The van der Waals surface area contributed by atoms with Gasteiger partial charge in [-0.3, -0.25) is 0 Å². The standard InChI is InChI=1S/C11H14FOSi/c1-11(2,13-14)7-6-9-4-3-5-10(12)8-9/h3-5,8H,6-7H2,1-2H3. The number of halogens is 1. The third kappa shape index (κ3) is 3.60. The Morgan fingerprint density at radius 3 is 2.71 bits per heavy atom. The summed E-state index contributed by atoms with van der Waals surface area (Å²) in [6, 6.07) is 6.66. The fraction of sp³-hybridized carbons (Fsp3) is 0.455. The molecule has 3 radical (unpaired) electrons. The molecule has 1 aromatic carbocycles. The molecule has 0 spiro atoms. The summed E-state index contributed by atoms with van der Waals surface area (Å²) in [4.78, 5) is 0. The zero-order chi connectivity index (χ0) is 10.6. The van der Waals surface area contributed by atoms with E-state index in [0.29, 0.717) is 0 Å². The van der Waals surface area contributed by atoms with Crippen LogP contribution in [0.2, 0.25) is 0 Å². The lowest BCUT2D eigenvalue weighted by Crippen LogP contribution is -2.23. The van der Waals surface area contributed by atoms with Gasteiger partial charge >= 0.3 is 0 Å². The second kappa shape index (κ2) is 4.71. The van der Waals surface area contributed by atoms with Crippen LogP contribution in [0, 0.1) is 5.82 Å². The Labute approximate surface area is 87.8 Å². The number of aryl methyl sites for hydroxylation is 1. The van der Waals surface area contributed by atoms with Crippen LogP contribution in [0.15, 0.2) is 24.3 Å². The Morgan fingerprint density at radius 2 is 2.14 bits per heavy atom. The van der Waals surface area contributed by atoms with Gasteiger partial charge < -0.3 is 4.43 Å². The zero-order valence-electron chi connectivity index (χ0n) is 8.51. The van der Waals surface area contributed by atoms with Crippen molar-refractivity contribution in [1.82, 2.24) is 0 Å². The first kappa shape index (κ1) is 11.4. The molecule has 0 N–H and O–H groups in total. The molecule has 0 amide bonds. The van der Waals surface area contributed by atoms with Crippen LogP contribution in [0.3, 0.4) is 0 Å². The molecule has 0 atom stereocenters. The minimum atomic E-state index is -0.219. The van der Waals surface area contributed by atoms with Gasteiger partial charge in [0.25, 0.3) is 0 Å². The van der Waals surface area contributed by atoms with E-state index in [-0.39, 0.29) is 11.4 Å². The van der Waals surface area contributed by atoms with E-state index in [1.807, 2.05) is 19.9 Å². The van der Waals surface area contributed by atoms with Crippen LogP contribution in [0.4, 0.5) is 4.39 Å².